The molecular formula is C9H7F3N4O2. The van der Waals surface area contributed by atoms with Crippen LogP contribution in [-0.2, 0) is 6.54 Å². The third kappa shape index (κ3) is 2.55. The number of Topliss-reactive ketones (excluding diaryl/α,β-unsaturated/α-hetero) is 1. The molecule has 96 valence electrons. The van der Waals surface area contributed by atoms with Crippen LogP contribution in [-0.4, -0.2) is 32.1 Å². The van der Waals surface area contributed by atoms with E-state index in [1.165, 1.54) is 0 Å². The van der Waals surface area contributed by atoms with Gasteiger partial charge in [0.25, 0.3) is 5.78 Å². The monoisotopic (exact) mass is 260 g/mol. The van der Waals surface area contributed by atoms with Crippen molar-refractivity contribution in [1.29, 1.82) is 0 Å². The Hall–Kier alpha value is -2.19. The van der Waals surface area contributed by atoms with E-state index in [0.717, 1.165) is 10.9 Å². The lowest BCUT2D eigenvalue weighted by Crippen LogP contribution is -2.23. The SMILES string of the molecule is Cc1cc(Cn2cc(C(=O)C(F)(F)F)nn2)on1. The van der Waals surface area contributed by atoms with E-state index in [1.807, 2.05) is 0 Å². The summed E-state index contributed by atoms with van der Waals surface area (Å²) in [5, 5.41) is 10.2. The second kappa shape index (κ2) is 4.24. The van der Waals surface area contributed by atoms with Gasteiger partial charge in [-0.1, -0.05) is 10.4 Å². The van der Waals surface area contributed by atoms with E-state index < -0.39 is 17.7 Å². The molecule has 2 aromatic heterocycles. The van der Waals surface area contributed by atoms with Crippen LogP contribution in [0.2, 0.25) is 0 Å². The first-order valence-corrected chi connectivity index (χ1v) is 4.80. The van der Waals surface area contributed by atoms with E-state index in [2.05, 4.69) is 15.5 Å². The number of hydrogen-bond acceptors (Lipinski definition) is 5. The Morgan fingerprint density at radius 2 is 2.22 bits per heavy atom. The van der Waals surface area contributed by atoms with Gasteiger partial charge in [-0.15, -0.1) is 5.10 Å². The molecule has 0 aliphatic rings. The fourth-order valence-corrected chi connectivity index (χ4v) is 1.28. The molecule has 18 heavy (non-hydrogen) atoms. The Kier molecular flexibility index (Phi) is 2.89. The number of hydrogen-bond donors (Lipinski definition) is 0. The first-order chi connectivity index (χ1) is 8.36. The number of carbonyl (C=O) groups is 1. The Morgan fingerprint density at radius 1 is 1.50 bits per heavy atom. The Labute approximate surface area is 98.4 Å². The highest BCUT2D eigenvalue weighted by Gasteiger charge is 2.41. The first kappa shape index (κ1) is 12.3. The summed E-state index contributed by atoms with van der Waals surface area (Å²) in [5.41, 5.74) is -0.115. The molecule has 0 bridgehead atoms. The molecule has 0 aromatic carbocycles. The Balaban J connectivity index is 2.14. The van der Waals surface area contributed by atoms with Gasteiger partial charge in [0.05, 0.1) is 11.9 Å². The number of aryl methyl sites for hydroxylation is 1. The van der Waals surface area contributed by atoms with Crippen molar-refractivity contribution in [2.75, 3.05) is 0 Å². The third-order valence-corrected chi connectivity index (χ3v) is 2.02. The second-order valence-corrected chi connectivity index (χ2v) is 3.56. The van der Waals surface area contributed by atoms with Crippen LogP contribution >= 0.6 is 0 Å². The van der Waals surface area contributed by atoms with E-state index in [-0.39, 0.29) is 6.54 Å². The molecule has 2 rings (SSSR count). The molecule has 0 radical (unpaired) electrons. The molecule has 0 aliphatic carbocycles. The van der Waals surface area contributed by atoms with Gasteiger partial charge in [-0.25, -0.2) is 4.68 Å². The van der Waals surface area contributed by atoms with Crippen LogP contribution in [0.4, 0.5) is 13.2 Å². The van der Waals surface area contributed by atoms with Gasteiger partial charge in [0.1, 0.15) is 6.54 Å². The maximum absolute atomic E-state index is 12.1. The number of alkyl halides is 3. The van der Waals surface area contributed by atoms with Crippen molar-refractivity contribution in [1.82, 2.24) is 20.2 Å². The van der Waals surface area contributed by atoms with Gasteiger partial charge in [-0.2, -0.15) is 13.2 Å². The van der Waals surface area contributed by atoms with Crippen molar-refractivity contribution in [3.8, 4) is 0 Å². The van der Waals surface area contributed by atoms with Crippen LogP contribution in [0, 0.1) is 6.92 Å². The van der Waals surface area contributed by atoms with Gasteiger partial charge < -0.3 is 4.52 Å². The predicted octanol–water partition coefficient (Wildman–Crippen LogP) is 1.37. The maximum atomic E-state index is 12.1. The van der Waals surface area contributed by atoms with E-state index in [1.54, 1.807) is 13.0 Å². The normalized spacial score (nSPS) is 11.8. The molecule has 0 spiro atoms. The third-order valence-electron chi connectivity index (χ3n) is 2.02. The molecule has 2 aromatic rings. The summed E-state index contributed by atoms with van der Waals surface area (Å²) in [4.78, 5) is 10.9. The molecule has 0 N–H and O–H groups in total. The highest BCUT2D eigenvalue weighted by Crippen LogP contribution is 2.20. The van der Waals surface area contributed by atoms with Crippen LogP contribution in [0.25, 0.3) is 0 Å². The molecule has 9 heteroatoms. The lowest BCUT2D eigenvalue weighted by Gasteiger charge is -1.99. The van der Waals surface area contributed by atoms with Gasteiger partial charge in [0, 0.05) is 6.07 Å². The number of aromatic nitrogens is 4. The lowest BCUT2D eigenvalue weighted by molar-refractivity contribution is -0.0888. The van der Waals surface area contributed by atoms with Gasteiger partial charge in [0.15, 0.2) is 11.5 Å². The zero-order valence-corrected chi connectivity index (χ0v) is 9.10. The smallest absolute Gasteiger partial charge is 0.359 e. The zero-order valence-electron chi connectivity index (χ0n) is 9.10. The number of nitrogens with zero attached hydrogens (tertiary/aromatic N) is 4. The number of rotatable bonds is 3. The van der Waals surface area contributed by atoms with E-state index in [9.17, 15) is 18.0 Å². The summed E-state index contributed by atoms with van der Waals surface area (Å²) in [7, 11) is 0. The topological polar surface area (TPSA) is 73.8 Å². The fourth-order valence-electron chi connectivity index (χ4n) is 1.28. The predicted molar refractivity (Wildman–Crippen MR) is 50.7 cm³/mol. The average Bonchev–Trinajstić information content (AvgIpc) is 2.86. The van der Waals surface area contributed by atoms with Crippen LogP contribution in [0.1, 0.15) is 21.9 Å². The van der Waals surface area contributed by atoms with Crippen molar-refractivity contribution < 1.29 is 22.5 Å². The number of ketones is 1. The van der Waals surface area contributed by atoms with E-state index in [4.69, 9.17) is 4.52 Å². The molecule has 0 unspecified atom stereocenters. The molecule has 2 heterocycles. The van der Waals surface area contributed by atoms with Crippen molar-refractivity contribution in [3.05, 3.63) is 29.4 Å². The highest BCUT2D eigenvalue weighted by molar-refractivity contribution is 5.98. The van der Waals surface area contributed by atoms with Gasteiger partial charge >= 0.3 is 6.18 Å². The minimum Gasteiger partial charge on any atom is -0.359 e. The van der Waals surface area contributed by atoms with Gasteiger partial charge in [-0.3, -0.25) is 4.79 Å². The summed E-state index contributed by atoms with van der Waals surface area (Å²) in [5.74, 6) is -1.62. The molecule has 0 amide bonds. The lowest BCUT2D eigenvalue weighted by atomic mass is 10.3. The number of carbonyl (C=O) groups excluding carboxylic acids is 1. The van der Waals surface area contributed by atoms with E-state index >= 15 is 0 Å². The molecular weight excluding hydrogens is 253 g/mol. The largest absolute Gasteiger partial charge is 0.456 e. The summed E-state index contributed by atoms with van der Waals surface area (Å²) < 4.78 is 42.3. The summed E-state index contributed by atoms with van der Waals surface area (Å²) in [6, 6.07) is 1.60. The van der Waals surface area contributed by atoms with Crippen LogP contribution < -0.4 is 0 Å². The minimum absolute atomic E-state index is 0.0545. The van der Waals surface area contributed by atoms with Crippen LogP contribution in [0.5, 0.6) is 0 Å². The quantitative estimate of drug-likeness (QED) is 0.779. The highest BCUT2D eigenvalue weighted by atomic mass is 19.4. The Morgan fingerprint density at radius 3 is 2.78 bits per heavy atom. The van der Waals surface area contributed by atoms with Gasteiger partial charge in [0.2, 0.25) is 0 Å². The van der Waals surface area contributed by atoms with E-state index in [0.29, 0.717) is 11.5 Å². The summed E-state index contributed by atoms with van der Waals surface area (Å²) >= 11 is 0. The van der Waals surface area contributed by atoms with Crippen molar-refractivity contribution >= 4 is 5.78 Å². The molecule has 0 atom stereocenters. The van der Waals surface area contributed by atoms with Gasteiger partial charge in [-0.05, 0) is 6.92 Å². The molecule has 6 nitrogen and oxygen atoms in total. The molecule has 0 saturated heterocycles. The van der Waals surface area contributed by atoms with Crippen LogP contribution in [0.3, 0.4) is 0 Å². The first-order valence-electron chi connectivity index (χ1n) is 4.80. The molecule has 0 saturated carbocycles. The zero-order chi connectivity index (χ0) is 13.3. The number of halogens is 3. The molecule has 0 aliphatic heterocycles. The van der Waals surface area contributed by atoms with Crippen molar-refractivity contribution in [2.45, 2.75) is 19.6 Å². The summed E-state index contributed by atoms with van der Waals surface area (Å²) in [6.45, 7) is 1.76. The van der Waals surface area contributed by atoms with Crippen molar-refractivity contribution in [2.24, 2.45) is 0 Å². The molecule has 0 fully saturated rings. The maximum Gasteiger partial charge on any atom is 0.456 e. The summed E-state index contributed by atoms with van der Waals surface area (Å²) in [6.07, 6.45) is -4.04. The minimum atomic E-state index is -4.95. The standard InChI is InChI=1S/C9H7F3N4O2/c1-5-2-6(18-14-5)3-16-4-7(13-15-16)8(17)9(10,11)12/h2,4H,3H2,1H3. The Bertz CT molecular complexity index is 572. The fraction of sp³-hybridized carbons (Fsp3) is 0.333. The average molecular weight is 260 g/mol. The van der Waals surface area contributed by atoms with Crippen LogP contribution in [0.15, 0.2) is 16.8 Å². The second-order valence-electron chi connectivity index (χ2n) is 3.56. The van der Waals surface area contributed by atoms with Crippen molar-refractivity contribution in [3.63, 3.8) is 0 Å².